The minimum Gasteiger partial charge on any atom is -0.331 e. The summed E-state index contributed by atoms with van der Waals surface area (Å²) in [6.07, 6.45) is 4.84. The lowest BCUT2D eigenvalue weighted by Crippen LogP contribution is -2.19. The van der Waals surface area contributed by atoms with E-state index in [9.17, 15) is 0 Å². The van der Waals surface area contributed by atoms with Crippen LogP contribution >= 0.6 is 0 Å². The molecule has 0 aliphatic rings. The van der Waals surface area contributed by atoms with Crippen LogP contribution in [0.5, 0.6) is 0 Å². The Morgan fingerprint density at radius 1 is 1.30 bits per heavy atom. The van der Waals surface area contributed by atoms with Crippen LogP contribution in [0.2, 0.25) is 0 Å². The van der Waals surface area contributed by atoms with Crippen molar-refractivity contribution in [3.63, 3.8) is 0 Å². The van der Waals surface area contributed by atoms with Gasteiger partial charge in [0.2, 0.25) is 0 Å². The van der Waals surface area contributed by atoms with Gasteiger partial charge in [-0.25, -0.2) is 0 Å². The number of hydrogen-bond acceptors (Lipinski definition) is 0. The zero-order chi connectivity index (χ0) is 8.20. The van der Waals surface area contributed by atoms with E-state index in [1.807, 2.05) is 0 Å². The van der Waals surface area contributed by atoms with Gasteiger partial charge < -0.3 is 6.42 Å². The second kappa shape index (κ2) is 4.00. The zero-order valence-electron chi connectivity index (χ0n) is 8.07. The van der Waals surface area contributed by atoms with E-state index in [2.05, 4.69) is 41.0 Å². The fraction of sp³-hybridized carbons (Fsp3) is 0.900. The van der Waals surface area contributed by atoms with Crippen LogP contribution in [0.3, 0.4) is 0 Å². The van der Waals surface area contributed by atoms with E-state index < -0.39 is 0 Å². The highest BCUT2D eigenvalue weighted by Gasteiger charge is 2.18. The predicted octanol–water partition coefficient (Wildman–Crippen LogP) is 3.67. The fourth-order valence-electron chi connectivity index (χ4n) is 1.42. The van der Waals surface area contributed by atoms with Gasteiger partial charge in [0.05, 0.1) is 0 Å². The molecule has 0 spiro atoms. The van der Waals surface area contributed by atoms with Crippen LogP contribution in [0, 0.1) is 17.8 Å². The summed E-state index contributed by atoms with van der Waals surface area (Å²) in [6.45, 7) is 11.4. The molecule has 0 rings (SSSR count). The van der Waals surface area contributed by atoms with Crippen molar-refractivity contribution in [2.75, 3.05) is 0 Å². The molecular weight excluding hydrogens is 120 g/mol. The summed E-state index contributed by atoms with van der Waals surface area (Å²) in [5.74, 6) is 0.859. The monoisotopic (exact) mass is 141 g/mol. The van der Waals surface area contributed by atoms with Crippen LogP contribution in [0.25, 0.3) is 0 Å². The van der Waals surface area contributed by atoms with E-state index in [0.717, 1.165) is 5.92 Å². The third kappa shape index (κ3) is 3.24. The first-order valence-electron chi connectivity index (χ1n) is 4.30. The van der Waals surface area contributed by atoms with Crippen LogP contribution in [-0.4, -0.2) is 0 Å². The van der Waals surface area contributed by atoms with E-state index in [0.29, 0.717) is 5.41 Å². The molecule has 0 heterocycles. The van der Waals surface area contributed by atoms with Gasteiger partial charge in [-0.2, -0.15) is 13.3 Å². The van der Waals surface area contributed by atoms with Gasteiger partial charge in [-0.15, -0.1) is 0 Å². The van der Waals surface area contributed by atoms with Gasteiger partial charge in [0.25, 0.3) is 0 Å². The zero-order valence-corrected chi connectivity index (χ0v) is 8.07. The highest BCUT2D eigenvalue weighted by Crippen LogP contribution is 2.31. The summed E-state index contributed by atoms with van der Waals surface area (Å²) >= 11 is 0. The highest BCUT2D eigenvalue weighted by atomic mass is 14.3. The normalized spacial score (nSPS) is 15.3. The van der Waals surface area contributed by atoms with Gasteiger partial charge >= 0.3 is 0 Å². The standard InChI is InChI=1S/C10H21/c1-6-8-9(7-2)10(3,4)5/h6,9H,7-8H2,1-5H3/q-1. The largest absolute Gasteiger partial charge is 0.331 e. The van der Waals surface area contributed by atoms with E-state index >= 15 is 0 Å². The lowest BCUT2D eigenvalue weighted by atomic mass is 9.77. The van der Waals surface area contributed by atoms with Crippen LogP contribution in [0.15, 0.2) is 0 Å². The van der Waals surface area contributed by atoms with E-state index in [-0.39, 0.29) is 0 Å². The number of hydrogen-bond donors (Lipinski definition) is 0. The Kier molecular flexibility index (Phi) is 4.00. The third-order valence-electron chi connectivity index (χ3n) is 2.24. The second-order valence-electron chi connectivity index (χ2n) is 4.12. The van der Waals surface area contributed by atoms with Crippen molar-refractivity contribution in [1.82, 2.24) is 0 Å². The van der Waals surface area contributed by atoms with Crippen molar-refractivity contribution in [2.45, 2.75) is 47.5 Å². The van der Waals surface area contributed by atoms with Gasteiger partial charge in [-0.3, -0.25) is 0 Å². The molecule has 0 aliphatic heterocycles. The number of rotatable bonds is 3. The smallest absolute Gasteiger partial charge is 0.0379 e. The average Bonchev–Trinajstić information content (AvgIpc) is 1.80. The molecule has 0 aromatic heterocycles. The summed E-state index contributed by atoms with van der Waals surface area (Å²) < 4.78 is 0. The molecule has 0 amide bonds. The van der Waals surface area contributed by atoms with Crippen molar-refractivity contribution < 1.29 is 0 Å². The molecule has 0 saturated heterocycles. The first-order chi connectivity index (χ1) is 4.52. The molecular formula is C10H21-. The van der Waals surface area contributed by atoms with Crippen molar-refractivity contribution in [3.8, 4) is 0 Å². The molecule has 0 fully saturated rings. The average molecular weight is 141 g/mol. The molecule has 0 aromatic rings. The van der Waals surface area contributed by atoms with Crippen molar-refractivity contribution in [1.29, 1.82) is 0 Å². The van der Waals surface area contributed by atoms with E-state index in [4.69, 9.17) is 0 Å². The SMILES string of the molecule is C[CH-]CC(CC)C(C)(C)C. The molecule has 0 bridgehead atoms. The topological polar surface area (TPSA) is 0 Å². The van der Waals surface area contributed by atoms with Crippen molar-refractivity contribution >= 4 is 0 Å². The molecule has 0 heteroatoms. The molecule has 0 N–H and O–H groups in total. The quantitative estimate of drug-likeness (QED) is 0.526. The maximum atomic E-state index is 2.32. The molecule has 1 atom stereocenters. The maximum absolute atomic E-state index is 2.32. The van der Waals surface area contributed by atoms with Gasteiger partial charge in [0.15, 0.2) is 0 Å². The van der Waals surface area contributed by atoms with E-state index in [1.54, 1.807) is 0 Å². The molecule has 0 saturated carbocycles. The highest BCUT2D eigenvalue weighted by molar-refractivity contribution is 4.76. The van der Waals surface area contributed by atoms with E-state index in [1.165, 1.54) is 12.8 Å². The Hall–Kier alpha value is 0. The molecule has 0 aromatic carbocycles. The fourth-order valence-corrected chi connectivity index (χ4v) is 1.42. The van der Waals surface area contributed by atoms with Crippen LogP contribution in [0.4, 0.5) is 0 Å². The van der Waals surface area contributed by atoms with Gasteiger partial charge in [0, 0.05) is 0 Å². The molecule has 0 aliphatic carbocycles. The molecule has 1 unspecified atom stereocenters. The third-order valence-corrected chi connectivity index (χ3v) is 2.24. The van der Waals surface area contributed by atoms with Crippen LogP contribution in [0.1, 0.15) is 47.5 Å². The minimum absolute atomic E-state index is 0.487. The Balaban J connectivity index is 3.81. The molecule has 62 valence electrons. The van der Waals surface area contributed by atoms with Gasteiger partial charge in [-0.1, -0.05) is 40.0 Å². The van der Waals surface area contributed by atoms with Gasteiger partial charge in [-0.05, 0) is 5.41 Å². The Bertz CT molecular complexity index is 76.5. The summed E-state index contributed by atoms with van der Waals surface area (Å²) in [5, 5.41) is 0. The van der Waals surface area contributed by atoms with Crippen LogP contribution in [-0.2, 0) is 0 Å². The Labute approximate surface area is 66.0 Å². The lowest BCUT2D eigenvalue weighted by Gasteiger charge is -2.32. The summed E-state index contributed by atoms with van der Waals surface area (Å²) in [5.41, 5.74) is 0.487. The summed E-state index contributed by atoms with van der Waals surface area (Å²) in [6, 6.07) is 0. The molecule has 10 heavy (non-hydrogen) atoms. The van der Waals surface area contributed by atoms with Gasteiger partial charge in [0.1, 0.15) is 0 Å². The first kappa shape index (κ1) is 10.0. The predicted molar refractivity (Wildman–Crippen MR) is 47.8 cm³/mol. The maximum Gasteiger partial charge on any atom is -0.0379 e. The van der Waals surface area contributed by atoms with Crippen LogP contribution < -0.4 is 0 Å². The lowest BCUT2D eigenvalue weighted by molar-refractivity contribution is 0.230. The molecule has 0 radical (unpaired) electrons. The van der Waals surface area contributed by atoms with Crippen molar-refractivity contribution in [2.24, 2.45) is 11.3 Å². The van der Waals surface area contributed by atoms with Crippen molar-refractivity contribution in [3.05, 3.63) is 6.42 Å². The first-order valence-corrected chi connectivity index (χ1v) is 4.30. The summed E-state index contributed by atoms with van der Waals surface area (Å²) in [7, 11) is 0. The Morgan fingerprint density at radius 2 is 1.80 bits per heavy atom. The minimum atomic E-state index is 0.487. The molecule has 0 nitrogen and oxygen atoms in total. The Morgan fingerprint density at radius 3 is 1.90 bits per heavy atom. The summed E-state index contributed by atoms with van der Waals surface area (Å²) in [4.78, 5) is 0. The second-order valence-corrected chi connectivity index (χ2v) is 4.12.